The molecule has 0 amide bonds. The molecule has 0 saturated carbocycles. The van der Waals surface area contributed by atoms with Gasteiger partial charge in [-0.1, -0.05) is 30.3 Å². The monoisotopic (exact) mass is 466 g/mol. The summed E-state index contributed by atoms with van der Waals surface area (Å²) in [6.07, 6.45) is 6.75. The third kappa shape index (κ3) is 4.65. The van der Waals surface area contributed by atoms with Crippen LogP contribution in [0.3, 0.4) is 0 Å². The molecular formula is C27H31ClN2O3. The predicted octanol–water partition coefficient (Wildman–Crippen LogP) is 2.13. The molecular weight excluding hydrogens is 436 g/mol. The molecule has 0 spiro atoms. The van der Waals surface area contributed by atoms with Crippen molar-refractivity contribution in [2.75, 3.05) is 13.1 Å². The quantitative estimate of drug-likeness (QED) is 0.447. The van der Waals surface area contributed by atoms with E-state index >= 15 is 0 Å². The zero-order valence-electron chi connectivity index (χ0n) is 19.1. The Balaban J connectivity index is 0.00000259. The molecule has 0 bridgehead atoms. The van der Waals surface area contributed by atoms with Gasteiger partial charge in [0.05, 0.1) is 5.56 Å². The lowest BCUT2D eigenvalue weighted by Crippen LogP contribution is -3.00. The second-order valence-corrected chi connectivity index (χ2v) is 9.15. The molecule has 33 heavy (non-hydrogen) atoms. The van der Waals surface area contributed by atoms with Gasteiger partial charge in [-0.15, -0.1) is 0 Å². The molecule has 2 aliphatic rings. The first-order chi connectivity index (χ1) is 15.6. The smallest absolute Gasteiger partial charge is 0.340 e. The number of phenolic OH excluding ortho intramolecular Hbond substituents is 1. The minimum atomic E-state index is -0.347. The van der Waals surface area contributed by atoms with E-state index in [1.165, 1.54) is 19.3 Å². The number of H-pyrrole nitrogens is 1. The fourth-order valence-corrected chi connectivity index (χ4v) is 5.53. The Morgan fingerprint density at radius 1 is 1.12 bits per heavy atom. The normalized spacial score (nSPS) is 18.0. The van der Waals surface area contributed by atoms with Crippen LogP contribution in [0.25, 0.3) is 10.9 Å². The minimum absolute atomic E-state index is 0. The first-order valence-corrected chi connectivity index (χ1v) is 11.8. The van der Waals surface area contributed by atoms with Gasteiger partial charge in [-0.3, -0.25) is 0 Å². The van der Waals surface area contributed by atoms with Crippen LogP contribution in [0.4, 0.5) is 0 Å². The predicted molar refractivity (Wildman–Crippen MR) is 126 cm³/mol. The Bertz CT molecular complexity index is 1180. The van der Waals surface area contributed by atoms with E-state index in [-0.39, 0.29) is 30.7 Å². The van der Waals surface area contributed by atoms with Crippen LogP contribution in [0.5, 0.6) is 5.75 Å². The molecule has 1 aromatic heterocycles. The third-order valence-electron chi connectivity index (χ3n) is 7.07. The number of carbonyl (C=O) groups is 1. The van der Waals surface area contributed by atoms with Crippen LogP contribution in [0.15, 0.2) is 42.5 Å². The van der Waals surface area contributed by atoms with Crippen molar-refractivity contribution in [2.24, 2.45) is 5.92 Å². The van der Waals surface area contributed by atoms with Crippen molar-refractivity contribution in [1.29, 1.82) is 0 Å². The van der Waals surface area contributed by atoms with E-state index < -0.39 is 0 Å². The number of hydrogen-bond acceptors (Lipinski definition) is 3. The maximum atomic E-state index is 13.2. The minimum Gasteiger partial charge on any atom is -1.00 e. The standard InChI is InChI=1S/C27H30N2O3.ClH/c1-18-25(27(31)32-17-19-8-3-2-4-9-19)26-21(24(30)13-12-22(26)28-18)16-20-10-7-15-29-14-6-5-11-23(20)29;/h2-4,8-9,12-13,20H,5-7,10-11,14-17H2,1H3,(H-,28,30,31);1H. The molecule has 5 rings (SSSR count). The number of hydrogen-bond donors (Lipinski definition) is 2. The van der Waals surface area contributed by atoms with Crippen molar-refractivity contribution in [3.8, 4) is 5.75 Å². The number of phenols is 1. The molecule has 1 unspecified atom stereocenters. The lowest BCUT2D eigenvalue weighted by Gasteiger charge is -2.27. The van der Waals surface area contributed by atoms with Crippen LogP contribution in [0, 0.1) is 12.8 Å². The Labute approximate surface area is 200 Å². The fourth-order valence-electron chi connectivity index (χ4n) is 5.53. The number of aromatic nitrogens is 1. The summed E-state index contributed by atoms with van der Waals surface area (Å²) in [5, 5.41) is 11.7. The average molecular weight is 467 g/mol. The molecule has 3 aromatic rings. The molecule has 6 heteroatoms. The summed E-state index contributed by atoms with van der Waals surface area (Å²) in [4.78, 5) is 16.5. The molecule has 0 radical (unpaired) electrons. The highest BCUT2D eigenvalue weighted by molar-refractivity contribution is 6.07. The van der Waals surface area contributed by atoms with E-state index in [0.717, 1.165) is 60.1 Å². The number of nitrogens with zero attached hydrogens (tertiary/aromatic N) is 1. The molecule has 1 atom stereocenters. The maximum absolute atomic E-state index is 13.2. The fraction of sp³-hybridized carbons (Fsp3) is 0.407. The second kappa shape index (κ2) is 10.0. The number of halogens is 1. The van der Waals surface area contributed by atoms with Gasteiger partial charge in [0.2, 0.25) is 0 Å². The van der Waals surface area contributed by atoms with Crippen LogP contribution in [-0.4, -0.2) is 39.4 Å². The summed E-state index contributed by atoms with van der Waals surface area (Å²) in [5.74, 6) is 0.339. The number of aromatic hydroxyl groups is 1. The Morgan fingerprint density at radius 3 is 2.73 bits per heavy atom. The lowest BCUT2D eigenvalue weighted by molar-refractivity contribution is -0.540. The van der Waals surface area contributed by atoms with Crippen LogP contribution in [-0.2, 0) is 17.8 Å². The highest BCUT2D eigenvalue weighted by atomic mass is 35.5. The molecule has 5 nitrogen and oxygen atoms in total. The summed E-state index contributed by atoms with van der Waals surface area (Å²) < 4.78 is 8.24. The Morgan fingerprint density at radius 2 is 1.91 bits per heavy atom. The van der Waals surface area contributed by atoms with Crippen LogP contribution in [0.2, 0.25) is 0 Å². The van der Waals surface area contributed by atoms with Gasteiger partial charge in [0.1, 0.15) is 25.4 Å². The summed E-state index contributed by atoms with van der Waals surface area (Å²) >= 11 is 0. The van der Waals surface area contributed by atoms with E-state index in [9.17, 15) is 9.90 Å². The van der Waals surface area contributed by atoms with Crippen molar-refractivity contribution >= 4 is 22.6 Å². The van der Waals surface area contributed by atoms with Crippen molar-refractivity contribution < 1.29 is 31.6 Å². The van der Waals surface area contributed by atoms with Crippen molar-refractivity contribution in [3.05, 3.63) is 64.8 Å². The maximum Gasteiger partial charge on any atom is 0.340 e. The van der Waals surface area contributed by atoms with E-state index in [2.05, 4.69) is 9.56 Å². The zero-order chi connectivity index (χ0) is 22.1. The number of benzene rings is 2. The van der Waals surface area contributed by atoms with Gasteiger partial charge in [0.25, 0.3) is 0 Å². The number of rotatable bonds is 5. The van der Waals surface area contributed by atoms with E-state index in [1.54, 1.807) is 11.8 Å². The molecule has 2 N–H and O–H groups in total. The molecule has 0 saturated heterocycles. The van der Waals surface area contributed by atoms with E-state index in [0.29, 0.717) is 11.5 Å². The van der Waals surface area contributed by atoms with Crippen LogP contribution in [0.1, 0.15) is 59.3 Å². The van der Waals surface area contributed by atoms with Crippen molar-refractivity contribution in [2.45, 2.75) is 52.1 Å². The molecule has 0 aliphatic carbocycles. The van der Waals surface area contributed by atoms with Gasteiger partial charge in [0, 0.05) is 47.3 Å². The number of ether oxygens (including phenoxy) is 1. The van der Waals surface area contributed by atoms with Gasteiger partial charge >= 0.3 is 5.97 Å². The SMILES string of the molecule is Cc1[nH]c2ccc(O)c(CC3CCC[N+]4=C3CCCC4)c2c1C(=O)OCc1ccccc1.[Cl-]. The molecule has 174 valence electrons. The average Bonchev–Trinajstić information content (AvgIpc) is 3.16. The van der Waals surface area contributed by atoms with Crippen LogP contribution >= 0.6 is 0 Å². The summed E-state index contributed by atoms with van der Waals surface area (Å²) in [7, 11) is 0. The highest BCUT2D eigenvalue weighted by Crippen LogP contribution is 2.36. The topological polar surface area (TPSA) is 65.3 Å². The summed E-state index contributed by atoms with van der Waals surface area (Å²) in [6.45, 7) is 4.44. The highest BCUT2D eigenvalue weighted by Gasteiger charge is 2.33. The van der Waals surface area contributed by atoms with Gasteiger partial charge < -0.3 is 27.2 Å². The van der Waals surface area contributed by atoms with E-state index in [4.69, 9.17) is 4.74 Å². The number of carbonyl (C=O) groups excluding carboxylic acids is 1. The first-order valence-electron chi connectivity index (χ1n) is 11.8. The van der Waals surface area contributed by atoms with Gasteiger partial charge in [0.15, 0.2) is 5.71 Å². The number of fused-ring (bicyclic) bond motifs is 1. The summed E-state index contributed by atoms with van der Waals surface area (Å²) in [6, 6.07) is 13.3. The number of aromatic amines is 1. The van der Waals surface area contributed by atoms with Gasteiger partial charge in [-0.25, -0.2) is 9.37 Å². The van der Waals surface area contributed by atoms with E-state index in [1.807, 2.05) is 43.3 Å². The molecule has 2 aromatic carbocycles. The molecule has 0 fully saturated rings. The second-order valence-electron chi connectivity index (χ2n) is 9.15. The number of esters is 1. The van der Waals surface area contributed by atoms with Crippen LogP contribution < -0.4 is 12.4 Å². The molecule has 3 heterocycles. The largest absolute Gasteiger partial charge is 1.00 e. The third-order valence-corrected chi connectivity index (χ3v) is 7.07. The van der Waals surface area contributed by atoms with Crippen molar-refractivity contribution in [1.82, 2.24) is 4.98 Å². The summed E-state index contributed by atoms with van der Waals surface area (Å²) in [5.41, 5.74) is 5.56. The van der Waals surface area contributed by atoms with Gasteiger partial charge in [-0.05, 0) is 43.9 Å². The lowest BCUT2D eigenvalue weighted by atomic mass is 9.83. The zero-order valence-corrected chi connectivity index (χ0v) is 19.8. The first kappa shape index (κ1) is 23.4. The molecule has 2 aliphatic heterocycles. The number of nitrogens with one attached hydrogen (secondary N) is 1. The Kier molecular flexibility index (Phi) is 7.08. The Hall–Kier alpha value is -2.79. The van der Waals surface area contributed by atoms with Gasteiger partial charge in [-0.2, -0.15) is 0 Å². The number of aryl methyl sites for hydroxylation is 1. The van der Waals surface area contributed by atoms with Crippen molar-refractivity contribution in [3.63, 3.8) is 0 Å².